The first kappa shape index (κ1) is 20.0. The molecule has 0 aliphatic heterocycles. The minimum Gasteiger partial charge on any atom is -0.493 e. The summed E-state index contributed by atoms with van der Waals surface area (Å²) in [5, 5.41) is 2.90. The van der Waals surface area contributed by atoms with Gasteiger partial charge in [-0.25, -0.2) is 0 Å². The van der Waals surface area contributed by atoms with Crippen molar-refractivity contribution in [3.63, 3.8) is 0 Å². The number of carbonyl (C=O) groups excluding carboxylic acids is 1. The molecule has 3 rings (SSSR count). The van der Waals surface area contributed by atoms with E-state index in [4.69, 9.17) is 9.47 Å². The molecule has 0 heterocycles. The van der Waals surface area contributed by atoms with Gasteiger partial charge in [0.05, 0.1) is 19.8 Å². The van der Waals surface area contributed by atoms with Crippen LogP contribution in [0.4, 0.5) is 13.2 Å². The number of rotatable bonds is 7. The molecule has 0 aromatic heterocycles. The molecule has 0 radical (unpaired) electrons. The highest BCUT2D eigenvalue weighted by molar-refractivity contribution is 5.82. The second-order valence-corrected chi connectivity index (χ2v) is 6.80. The van der Waals surface area contributed by atoms with Gasteiger partial charge in [-0.05, 0) is 54.2 Å². The lowest BCUT2D eigenvalue weighted by atomic mass is 10.1. The Bertz CT molecular complexity index is 834. The fraction of sp³-hybridized carbons (Fsp3) is 0.381. The molecule has 4 nitrogen and oxygen atoms in total. The van der Waals surface area contributed by atoms with Crippen molar-refractivity contribution in [3.8, 4) is 11.5 Å². The Morgan fingerprint density at radius 2 is 1.75 bits per heavy atom. The molecule has 2 aromatic rings. The quantitative estimate of drug-likeness (QED) is 0.768. The summed E-state index contributed by atoms with van der Waals surface area (Å²) in [4.78, 5) is 12.3. The normalized spacial score (nSPS) is 18.5. The predicted octanol–water partition coefficient (Wildman–Crippen LogP) is 4.19. The SMILES string of the molecule is COc1ccc(CCNC(=O)C2CC2c2ccc(C(F)(F)F)cc2)cc1OC. The van der Waals surface area contributed by atoms with Gasteiger partial charge in [-0.15, -0.1) is 0 Å². The van der Waals surface area contributed by atoms with Crippen LogP contribution in [0, 0.1) is 5.92 Å². The number of halogens is 3. The summed E-state index contributed by atoms with van der Waals surface area (Å²) >= 11 is 0. The van der Waals surface area contributed by atoms with Crippen LogP contribution >= 0.6 is 0 Å². The number of benzene rings is 2. The molecule has 28 heavy (non-hydrogen) atoms. The van der Waals surface area contributed by atoms with E-state index < -0.39 is 11.7 Å². The molecule has 1 N–H and O–H groups in total. The molecule has 1 aliphatic rings. The molecule has 7 heteroatoms. The van der Waals surface area contributed by atoms with Crippen molar-refractivity contribution in [1.82, 2.24) is 5.32 Å². The molecule has 1 amide bonds. The predicted molar refractivity (Wildman–Crippen MR) is 98.6 cm³/mol. The van der Waals surface area contributed by atoms with Crippen molar-refractivity contribution in [2.45, 2.75) is 24.9 Å². The Morgan fingerprint density at radius 1 is 1.07 bits per heavy atom. The Kier molecular flexibility index (Phi) is 5.82. The Labute approximate surface area is 161 Å². The zero-order valence-electron chi connectivity index (χ0n) is 15.7. The van der Waals surface area contributed by atoms with Crippen molar-refractivity contribution in [3.05, 3.63) is 59.2 Å². The summed E-state index contributed by atoms with van der Waals surface area (Å²) < 4.78 is 48.4. The fourth-order valence-electron chi connectivity index (χ4n) is 3.27. The first-order valence-corrected chi connectivity index (χ1v) is 8.99. The average molecular weight is 393 g/mol. The maximum atomic E-state index is 12.6. The number of methoxy groups -OCH3 is 2. The maximum absolute atomic E-state index is 12.6. The third-order valence-corrected chi connectivity index (χ3v) is 4.95. The van der Waals surface area contributed by atoms with Crippen LogP contribution in [0.1, 0.15) is 29.0 Å². The Hall–Kier alpha value is -2.70. The molecule has 1 saturated carbocycles. The van der Waals surface area contributed by atoms with Gasteiger partial charge >= 0.3 is 6.18 Å². The topological polar surface area (TPSA) is 47.6 Å². The van der Waals surface area contributed by atoms with E-state index >= 15 is 0 Å². The maximum Gasteiger partial charge on any atom is 0.416 e. The van der Waals surface area contributed by atoms with Crippen LogP contribution in [0.25, 0.3) is 0 Å². The van der Waals surface area contributed by atoms with Crippen LogP contribution in [0.15, 0.2) is 42.5 Å². The molecule has 1 aliphatic carbocycles. The van der Waals surface area contributed by atoms with Crippen LogP contribution in [-0.2, 0) is 17.4 Å². The lowest BCUT2D eigenvalue weighted by Crippen LogP contribution is -2.27. The lowest BCUT2D eigenvalue weighted by Gasteiger charge is -2.10. The molecular weight excluding hydrogens is 371 g/mol. The standard InChI is InChI=1S/C21H22F3NO3/c1-27-18-8-3-13(11-19(18)28-2)9-10-25-20(26)17-12-16(17)14-4-6-15(7-5-14)21(22,23)24/h3-8,11,16-17H,9-10,12H2,1-2H3,(H,25,26). The minimum atomic E-state index is -4.34. The molecule has 0 saturated heterocycles. The van der Waals surface area contributed by atoms with Crippen molar-refractivity contribution >= 4 is 5.91 Å². The number of nitrogens with one attached hydrogen (secondary N) is 1. The summed E-state index contributed by atoms with van der Waals surface area (Å²) in [6, 6.07) is 10.7. The van der Waals surface area contributed by atoms with Crippen molar-refractivity contribution < 1.29 is 27.4 Å². The lowest BCUT2D eigenvalue weighted by molar-refractivity contribution is -0.137. The zero-order chi connectivity index (χ0) is 20.3. The van der Waals surface area contributed by atoms with Crippen molar-refractivity contribution in [2.75, 3.05) is 20.8 Å². The van der Waals surface area contributed by atoms with Crippen LogP contribution in [0.2, 0.25) is 0 Å². The molecule has 0 bridgehead atoms. The van der Waals surface area contributed by atoms with E-state index in [9.17, 15) is 18.0 Å². The monoisotopic (exact) mass is 393 g/mol. The first-order valence-electron chi connectivity index (χ1n) is 8.99. The van der Waals surface area contributed by atoms with Gasteiger partial charge in [0.1, 0.15) is 0 Å². The largest absolute Gasteiger partial charge is 0.493 e. The number of carbonyl (C=O) groups is 1. The molecule has 2 aromatic carbocycles. The highest BCUT2D eigenvalue weighted by atomic mass is 19.4. The van der Waals surface area contributed by atoms with E-state index in [1.54, 1.807) is 14.2 Å². The second kappa shape index (κ2) is 8.12. The molecule has 2 unspecified atom stereocenters. The van der Waals surface area contributed by atoms with Gasteiger partial charge < -0.3 is 14.8 Å². The molecule has 150 valence electrons. The van der Waals surface area contributed by atoms with Crippen LogP contribution in [0.5, 0.6) is 11.5 Å². The third kappa shape index (κ3) is 4.58. The smallest absolute Gasteiger partial charge is 0.416 e. The van der Waals surface area contributed by atoms with E-state index in [1.165, 1.54) is 12.1 Å². The van der Waals surface area contributed by atoms with E-state index in [-0.39, 0.29) is 17.7 Å². The third-order valence-electron chi connectivity index (χ3n) is 4.95. The van der Waals surface area contributed by atoms with Gasteiger partial charge in [-0.1, -0.05) is 18.2 Å². The molecule has 2 atom stereocenters. The number of hydrogen-bond donors (Lipinski definition) is 1. The molecular formula is C21H22F3NO3. The van der Waals surface area contributed by atoms with Gasteiger partial charge in [0.2, 0.25) is 5.91 Å². The molecule has 1 fully saturated rings. The number of ether oxygens (including phenoxy) is 2. The number of amides is 1. The summed E-state index contributed by atoms with van der Waals surface area (Å²) in [5.41, 5.74) is 1.11. The van der Waals surface area contributed by atoms with Gasteiger partial charge in [-0.2, -0.15) is 13.2 Å². The Balaban J connectivity index is 1.49. The van der Waals surface area contributed by atoms with E-state index in [0.29, 0.717) is 30.9 Å². The summed E-state index contributed by atoms with van der Waals surface area (Å²) in [6.45, 7) is 0.477. The van der Waals surface area contributed by atoms with Crippen molar-refractivity contribution in [1.29, 1.82) is 0 Å². The number of hydrogen-bond acceptors (Lipinski definition) is 3. The van der Waals surface area contributed by atoms with E-state index in [1.807, 2.05) is 18.2 Å². The van der Waals surface area contributed by atoms with Gasteiger partial charge in [0, 0.05) is 12.5 Å². The van der Waals surface area contributed by atoms with E-state index in [2.05, 4.69) is 5.32 Å². The van der Waals surface area contributed by atoms with E-state index in [0.717, 1.165) is 23.3 Å². The fourth-order valence-corrected chi connectivity index (χ4v) is 3.27. The molecule has 0 spiro atoms. The minimum absolute atomic E-state index is 0.0108. The van der Waals surface area contributed by atoms with Gasteiger partial charge in [0.25, 0.3) is 0 Å². The van der Waals surface area contributed by atoms with Crippen LogP contribution < -0.4 is 14.8 Å². The van der Waals surface area contributed by atoms with Gasteiger partial charge in [0.15, 0.2) is 11.5 Å². The Morgan fingerprint density at radius 3 is 2.36 bits per heavy atom. The zero-order valence-corrected chi connectivity index (χ0v) is 15.7. The van der Waals surface area contributed by atoms with Crippen LogP contribution in [0.3, 0.4) is 0 Å². The summed E-state index contributed by atoms with van der Waals surface area (Å²) in [5.74, 6) is 1.03. The van der Waals surface area contributed by atoms with Crippen molar-refractivity contribution in [2.24, 2.45) is 5.92 Å². The first-order chi connectivity index (χ1) is 13.3. The second-order valence-electron chi connectivity index (χ2n) is 6.80. The highest BCUT2D eigenvalue weighted by Gasteiger charge is 2.44. The summed E-state index contributed by atoms with van der Waals surface area (Å²) in [7, 11) is 3.14. The average Bonchev–Trinajstić information content (AvgIpc) is 3.48. The number of alkyl halides is 3. The summed E-state index contributed by atoms with van der Waals surface area (Å²) in [6.07, 6.45) is -3.04. The van der Waals surface area contributed by atoms with Crippen LogP contribution in [-0.4, -0.2) is 26.7 Å². The van der Waals surface area contributed by atoms with Gasteiger partial charge in [-0.3, -0.25) is 4.79 Å². The highest BCUT2D eigenvalue weighted by Crippen LogP contribution is 2.48.